The van der Waals surface area contributed by atoms with Crippen LogP contribution in [-0.4, -0.2) is 49.5 Å². The van der Waals surface area contributed by atoms with Gasteiger partial charge in [-0.05, 0) is 24.1 Å². The number of hydrogen-bond donors (Lipinski definition) is 2. The van der Waals surface area contributed by atoms with Crippen molar-refractivity contribution in [3.8, 4) is 11.5 Å². The van der Waals surface area contributed by atoms with Crippen molar-refractivity contribution in [3.05, 3.63) is 23.8 Å². The molecule has 1 heterocycles. The zero-order valence-electron chi connectivity index (χ0n) is 12.9. The third-order valence-electron chi connectivity index (χ3n) is 3.88. The molecule has 0 spiro atoms. The largest absolute Gasteiger partial charge is 0.504 e. The van der Waals surface area contributed by atoms with Gasteiger partial charge < -0.3 is 15.2 Å². The summed E-state index contributed by atoms with van der Waals surface area (Å²) in [7, 11) is 1.42. The number of aromatic hydroxyl groups is 1. The maximum absolute atomic E-state index is 12.6. The molecule has 1 aromatic carbocycles. The number of rotatable bonds is 5. The summed E-state index contributed by atoms with van der Waals surface area (Å²) in [5.41, 5.74) is 0.737. The molecule has 0 saturated carbocycles. The molecule has 0 bridgehead atoms. The van der Waals surface area contributed by atoms with E-state index >= 15 is 0 Å². The van der Waals surface area contributed by atoms with E-state index < -0.39 is 12.6 Å². The first kappa shape index (κ1) is 19.9. The lowest BCUT2D eigenvalue weighted by molar-refractivity contribution is -0.138. The fourth-order valence-electron chi connectivity index (χ4n) is 2.76. The molecule has 23 heavy (non-hydrogen) atoms. The molecule has 2 N–H and O–H groups in total. The Labute approximate surface area is 140 Å². The molecule has 1 aliphatic heterocycles. The zero-order chi connectivity index (χ0) is 16.2. The normalized spacial score (nSPS) is 17.4. The monoisotopic (exact) mass is 354 g/mol. The first-order valence-corrected chi connectivity index (χ1v) is 7.29. The number of halogens is 4. The van der Waals surface area contributed by atoms with Gasteiger partial charge in [-0.2, -0.15) is 13.2 Å². The van der Waals surface area contributed by atoms with Crippen LogP contribution in [0.1, 0.15) is 24.4 Å². The Kier molecular flexibility index (Phi) is 7.44. The van der Waals surface area contributed by atoms with Crippen molar-refractivity contribution in [1.29, 1.82) is 0 Å². The minimum absolute atomic E-state index is 0. The zero-order valence-corrected chi connectivity index (χ0v) is 13.7. The van der Waals surface area contributed by atoms with Crippen LogP contribution in [0, 0.1) is 0 Å². The molecular formula is C15H22ClF3N2O2. The summed E-state index contributed by atoms with van der Waals surface area (Å²) < 4.78 is 42.9. The summed E-state index contributed by atoms with van der Waals surface area (Å²) >= 11 is 0. The van der Waals surface area contributed by atoms with E-state index in [9.17, 15) is 18.3 Å². The van der Waals surface area contributed by atoms with Gasteiger partial charge in [-0.3, -0.25) is 4.90 Å². The fourth-order valence-corrected chi connectivity index (χ4v) is 2.76. The highest BCUT2D eigenvalue weighted by molar-refractivity contribution is 5.85. The van der Waals surface area contributed by atoms with E-state index in [1.807, 2.05) is 4.90 Å². The van der Waals surface area contributed by atoms with E-state index in [0.29, 0.717) is 13.1 Å². The molecule has 0 aliphatic carbocycles. The van der Waals surface area contributed by atoms with Gasteiger partial charge in [0.25, 0.3) is 0 Å². The van der Waals surface area contributed by atoms with Crippen molar-refractivity contribution in [1.82, 2.24) is 10.2 Å². The molecule has 8 heteroatoms. The molecule has 1 aliphatic rings. The molecule has 1 saturated heterocycles. The second-order valence-electron chi connectivity index (χ2n) is 5.39. The number of phenols is 1. The van der Waals surface area contributed by atoms with Crippen LogP contribution in [0.4, 0.5) is 13.2 Å². The molecule has 0 amide bonds. The van der Waals surface area contributed by atoms with Gasteiger partial charge in [0.1, 0.15) is 0 Å². The average molecular weight is 355 g/mol. The van der Waals surface area contributed by atoms with E-state index in [-0.39, 0.29) is 36.4 Å². The van der Waals surface area contributed by atoms with Crippen LogP contribution >= 0.6 is 12.4 Å². The number of methoxy groups -OCH3 is 1. The molecule has 132 valence electrons. The third kappa shape index (κ3) is 5.75. The molecule has 1 atom stereocenters. The van der Waals surface area contributed by atoms with Crippen molar-refractivity contribution >= 4 is 12.4 Å². The fraction of sp³-hybridized carbons (Fsp3) is 0.600. The van der Waals surface area contributed by atoms with Crippen molar-refractivity contribution < 1.29 is 23.0 Å². The minimum atomic E-state index is -4.17. The molecule has 0 radical (unpaired) electrons. The molecular weight excluding hydrogens is 333 g/mol. The molecule has 0 aromatic heterocycles. The summed E-state index contributed by atoms with van der Waals surface area (Å²) in [5.74, 6) is 0.269. The maximum atomic E-state index is 12.6. The smallest absolute Gasteiger partial charge is 0.389 e. The summed E-state index contributed by atoms with van der Waals surface area (Å²) in [5, 5.41) is 12.9. The lowest BCUT2D eigenvalue weighted by atomic mass is 9.98. The van der Waals surface area contributed by atoms with Crippen molar-refractivity contribution in [2.75, 3.05) is 33.3 Å². The van der Waals surface area contributed by atoms with Gasteiger partial charge in [0, 0.05) is 38.6 Å². The van der Waals surface area contributed by atoms with Crippen LogP contribution in [0.3, 0.4) is 0 Å². The topological polar surface area (TPSA) is 44.7 Å². The Balaban J connectivity index is 0.00000264. The summed E-state index contributed by atoms with van der Waals surface area (Å²) in [4.78, 5) is 2.05. The van der Waals surface area contributed by atoms with Crippen LogP contribution in [-0.2, 0) is 0 Å². The lowest BCUT2D eigenvalue weighted by Crippen LogP contribution is -2.45. The minimum Gasteiger partial charge on any atom is -0.504 e. The highest BCUT2D eigenvalue weighted by Gasteiger charge is 2.31. The van der Waals surface area contributed by atoms with Crippen molar-refractivity contribution in [2.45, 2.75) is 25.1 Å². The van der Waals surface area contributed by atoms with Crippen molar-refractivity contribution in [2.24, 2.45) is 0 Å². The van der Waals surface area contributed by atoms with Gasteiger partial charge in [0.05, 0.1) is 7.11 Å². The van der Waals surface area contributed by atoms with E-state index in [1.54, 1.807) is 12.1 Å². The Morgan fingerprint density at radius 1 is 1.30 bits per heavy atom. The third-order valence-corrected chi connectivity index (χ3v) is 3.88. The van der Waals surface area contributed by atoms with Crippen LogP contribution in [0.5, 0.6) is 11.5 Å². The number of piperazine rings is 1. The SMILES string of the molecule is COc1cc([C@@H](CCC(F)(F)F)N2CCNCC2)ccc1O.Cl. The highest BCUT2D eigenvalue weighted by atomic mass is 35.5. The van der Waals surface area contributed by atoms with Crippen LogP contribution in [0.15, 0.2) is 18.2 Å². The Hall–Kier alpha value is -1.18. The average Bonchev–Trinajstić information content (AvgIpc) is 2.49. The predicted molar refractivity (Wildman–Crippen MR) is 84.4 cm³/mol. The van der Waals surface area contributed by atoms with E-state index in [0.717, 1.165) is 18.7 Å². The van der Waals surface area contributed by atoms with Crippen molar-refractivity contribution in [3.63, 3.8) is 0 Å². The predicted octanol–water partition coefficient (Wildman–Crippen LogP) is 3.11. The van der Waals surface area contributed by atoms with E-state index in [1.165, 1.54) is 13.2 Å². The number of benzene rings is 1. The van der Waals surface area contributed by atoms with Gasteiger partial charge in [0.15, 0.2) is 11.5 Å². The van der Waals surface area contributed by atoms with E-state index in [4.69, 9.17) is 4.74 Å². The Bertz CT molecular complexity index is 494. The molecule has 1 fully saturated rings. The Morgan fingerprint density at radius 3 is 2.52 bits per heavy atom. The molecule has 4 nitrogen and oxygen atoms in total. The van der Waals surface area contributed by atoms with Gasteiger partial charge in [-0.1, -0.05) is 6.07 Å². The number of phenolic OH excluding ortho intramolecular Hbond substituents is 1. The van der Waals surface area contributed by atoms with Gasteiger partial charge >= 0.3 is 6.18 Å². The highest BCUT2D eigenvalue weighted by Crippen LogP contribution is 2.35. The second kappa shape index (κ2) is 8.61. The number of nitrogens with one attached hydrogen (secondary N) is 1. The van der Waals surface area contributed by atoms with E-state index in [2.05, 4.69) is 5.32 Å². The van der Waals surface area contributed by atoms with Crippen LogP contribution in [0.25, 0.3) is 0 Å². The lowest BCUT2D eigenvalue weighted by Gasteiger charge is -2.35. The Morgan fingerprint density at radius 2 is 1.96 bits per heavy atom. The van der Waals surface area contributed by atoms with Gasteiger partial charge in [-0.25, -0.2) is 0 Å². The van der Waals surface area contributed by atoms with Gasteiger partial charge in [-0.15, -0.1) is 12.4 Å². The number of alkyl halides is 3. The molecule has 2 rings (SSSR count). The number of hydrogen-bond acceptors (Lipinski definition) is 4. The molecule has 1 aromatic rings. The second-order valence-corrected chi connectivity index (χ2v) is 5.39. The quantitative estimate of drug-likeness (QED) is 0.853. The maximum Gasteiger partial charge on any atom is 0.389 e. The van der Waals surface area contributed by atoms with Crippen LogP contribution < -0.4 is 10.1 Å². The standard InChI is InChI=1S/C15H21F3N2O2.ClH/c1-22-14-10-11(2-3-13(14)21)12(4-5-15(16,17)18)20-8-6-19-7-9-20;/h2-3,10,12,19,21H,4-9H2,1H3;1H/t12-;/m1./s1. The summed E-state index contributed by atoms with van der Waals surface area (Å²) in [6.45, 7) is 2.92. The number of ether oxygens (including phenoxy) is 1. The first-order valence-electron chi connectivity index (χ1n) is 7.29. The van der Waals surface area contributed by atoms with Crippen LogP contribution in [0.2, 0.25) is 0 Å². The van der Waals surface area contributed by atoms with Gasteiger partial charge in [0.2, 0.25) is 0 Å². The molecule has 0 unspecified atom stereocenters. The first-order chi connectivity index (χ1) is 10.4. The number of nitrogens with zero attached hydrogens (tertiary/aromatic N) is 1. The summed E-state index contributed by atoms with van der Waals surface area (Å²) in [6, 6.07) is 4.43. The summed E-state index contributed by atoms with van der Waals surface area (Å²) in [6.07, 6.45) is -5.00.